The SMILES string of the molecule is CCOC(=O)c1nc(COC(=O)Cc2cc(OCC)c(OCC)cc2Br)cs1. The van der Waals surface area contributed by atoms with Crippen LogP contribution in [0.3, 0.4) is 0 Å². The minimum Gasteiger partial charge on any atom is -0.490 e. The summed E-state index contributed by atoms with van der Waals surface area (Å²) in [5, 5.41) is 1.91. The van der Waals surface area contributed by atoms with Gasteiger partial charge in [0.05, 0.1) is 31.9 Å². The lowest BCUT2D eigenvalue weighted by molar-refractivity contribution is -0.144. The van der Waals surface area contributed by atoms with Crippen molar-refractivity contribution in [2.24, 2.45) is 0 Å². The summed E-state index contributed by atoms with van der Waals surface area (Å²) in [6, 6.07) is 3.55. The fraction of sp³-hybridized carbons (Fsp3) is 0.421. The van der Waals surface area contributed by atoms with Crippen LogP contribution < -0.4 is 9.47 Å². The Morgan fingerprint density at radius 1 is 1.04 bits per heavy atom. The van der Waals surface area contributed by atoms with Crippen molar-refractivity contribution in [1.82, 2.24) is 4.98 Å². The van der Waals surface area contributed by atoms with Crippen molar-refractivity contribution in [1.29, 1.82) is 0 Å². The third-order valence-corrected chi connectivity index (χ3v) is 5.04. The van der Waals surface area contributed by atoms with Gasteiger partial charge in [-0.05, 0) is 38.5 Å². The molecule has 0 N–H and O–H groups in total. The van der Waals surface area contributed by atoms with E-state index in [0.29, 0.717) is 30.4 Å². The summed E-state index contributed by atoms with van der Waals surface area (Å²) in [5.41, 5.74) is 1.23. The van der Waals surface area contributed by atoms with Crippen LogP contribution in [0.15, 0.2) is 22.0 Å². The number of thiazole rings is 1. The molecule has 0 aliphatic rings. The molecule has 0 amide bonds. The summed E-state index contributed by atoms with van der Waals surface area (Å²) in [5.74, 6) is 0.293. The molecule has 28 heavy (non-hydrogen) atoms. The maximum Gasteiger partial charge on any atom is 0.367 e. The highest BCUT2D eigenvalue weighted by Gasteiger charge is 2.16. The molecule has 9 heteroatoms. The smallest absolute Gasteiger partial charge is 0.367 e. The zero-order valence-electron chi connectivity index (χ0n) is 16.0. The topological polar surface area (TPSA) is 84.0 Å². The Morgan fingerprint density at radius 2 is 1.71 bits per heavy atom. The van der Waals surface area contributed by atoms with Crippen LogP contribution in [0.1, 0.15) is 41.8 Å². The van der Waals surface area contributed by atoms with E-state index in [1.165, 1.54) is 0 Å². The van der Waals surface area contributed by atoms with Gasteiger partial charge < -0.3 is 18.9 Å². The number of hydrogen-bond donors (Lipinski definition) is 0. The molecule has 0 aliphatic heterocycles. The van der Waals surface area contributed by atoms with E-state index < -0.39 is 11.9 Å². The zero-order chi connectivity index (χ0) is 20.5. The predicted octanol–water partition coefficient (Wildman–Crippen LogP) is 4.17. The van der Waals surface area contributed by atoms with Crippen LogP contribution in [0.5, 0.6) is 11.5 Å². The third-order valence-electron chi connectivity index (χ3n) is 3.43. The Bertz CT molecular complexity index is 823. The molecule has 2 aromatic rings. The Hall–Kier alpha value is -2.13. The molecular weight excluding hydrogens is 450 g/mol. The molecule has 0 bridgehead atoms. The van der Waals surface area contributed by atoms with E-state index in [1.54, 1.807) is 24.4 Å². The molecule has 0 saturated carbocycles. The molecule has 0 spiro atoms. The van der Waals surface area contributed by atoms with Crippen molar-refractivity contribution in [3.8, 4) is 11.5 Å². The Labute approximate surface area is 176 Å². The average molecular weight is 472 g/mol. The minimum atomic E-state index is -0.480. The average Bonchev–Trinajstić information content (AvgIpc) is 3.13. The van der Waals surface area contributed by atoms with Gasteiger partial charge in [0, 0.05) is 9.85 Å². The molecule has 0 radical (unpaired) electrons. The Balaban J connectivity index is 1.99. The van der Waals surface area contributed by atoms with E-state index in [1.807, 2.05) is 13.8 Å². The molecule has 1 aromatic heterocycles. The van der Waals surface area contributed by atoms with Crippen LogP contribution in [-0.4, -0.2) is 36.7 Å². The number of aromatic nitrogens is 1. The highest BCUT2D eigenvalue weighted by atomic mass is 79.9. The molecule has 0 saturated heterocycles. The fourth-order valence-corrected chi connectivity index (χ4v) is 3.43. The second-order valence-electron chi connectivity index (χ2n) is 5.46. The van der Waals surface area contributed by atoms with Crippen LogP contribution in [0, 0.1) is 0 Å². The number of carbonyl (C=O) groups excluding carboxylic acids is 2. The number of ether oxygens (including phenoxy) is 4. The number of esters is 2. The number of hydrogen-bond acceptors (Lipinski definition) is 8. The molecular formula is C19H22BrNO6S. The van der Waals surface area contributed by atoms with Gasteiger partial charge in [0.25, 0.3) is 0 Å². The van der Waals surface area contributed by atoms with Gasteiger partial charge in [-0.25, -0.2) is 9.78 Å². The van der Waals surface area contributed by atoms with Gasteiger partial charge in [0.2, 0.25) is 5.01 Å². The first kappa shape index (κ1) is 22.2. The first-order valence-electron chi connectivity index (χ1n) is 8.83. The highest BCUT2D eigenvalue weighted by molar-refractivity contribution is 9.10. The largest absolute Gasteiger partial charge is 0.490 e. The fourth-order valence-electron chi connectivity index (χ4n) is 2.27. The molecule has 0 aliphatic carbocycles. The van der Waals surface area contributed by atoms with E-state index in [2.05, 4.69) is 20.9 Å². The summed E-state index contributed by atoms with van der Waals surface area (Å²) in [4.78, 5) is 28.0. The van der Waals surface area contributed by atoms with Gasteiger partial charge in [-0.3, -0.25) is 4.79 Å². The molecule has 0 unspecified atom stereocenters. The van der Waals surface area contributed by atoms with Crippen molar-refractivity contribution in [2.45, 2.75) is 33.8 Å². The minimum absolute atomic E-state index is 0.0122. The third kappa shape index (κ3) is 6.20. The second kappa shape index (κ2) is 11.0. The summed E-state index contributed by atoms with van der Waals surface area (Å²) >= 11 is 4.61. The second-order valence-corrected chi connectivity index (χ2v) is 7.17. The van der Waals surface area contributed by atoms with Crippen LogP contribution >= 0.6 is 27.3 Å². The van der Waals surface area contributed by atoms with Crippen molar-refractivity contribution in [3.63, 3.8) is 0 Å². The maximum atomic E-state index is 12.2. The van der Waals surface area contributed by atoms with Gasteiger partial charge in [0.1, 0.15) is 6.61 Å². The van der Waals surface area contributed by atoms with Gasteiger partial charge in [-0.1, -0.05) is 15.9 Å². The molecule has 7 nitrogen and oxygen atoms in total. The summed E-state index contributed by atoms with van der Waals surface area (Å²) < 4.78 is 22.0. The molecule has 0 fully saturated rings. The Kier molecular flexibility index (Phi) is 8.72. The lowest BCUT2D eigenvalue weighted by atomic mass is 10.1. The standard InChI is InChI=1S/C19H22BrNO6S/c1-4-24-15-7-12(14(20)9-16(15)25-5-2)8-17(22)27-10-13-11-28-18(21-13)19(23)26-6-3/h7,9,11H,4-6,8,10H2,1-3H3. The number of nitrogens with zero attached hydrogens (tertiary/aromatic N) is 1. The van der Waals surface area contributed by atoms with Crippen LogP contribution in [0.25, 0.3) is 0 Å². The summed E-state index contributed by atoms with van der Waals surface area (Å²) in [6.07, 6.45) is 0.0575. The quantitative estimate of drug-likeness (QED) is 0.480. The Morgan fingerprint density at radius 3 is 2.36 bits per heavy atom. The van der Waals surface area contributed by atoms with Crippen LogP contribution in [-0.2, 0) is 27.3 Å². The summed E-state index contributed by atoms with van der Waals surface area (Å²) in [6.45, 7) is 6.76. The normalized spacial score (nSPS) is 10.4. The van der Waals surface area contributed by atoms with E-state index in [0.717, 1.165) is 21.4 Å². The zero-order valence-corrected chi connectivity index (χ0v) is 18.4. The number of benzene rings is 1. The van der Waals surface area contributed by atoms with Crippen molar-refractivity contribution >= 4 is 39.2 Å². The van der Waals surface area contributed by atoms with Gasteiger partial charge >= 0.3 is 11.9 Å². The monoisotopic (exact) mass is 471 g/mol. The maximum absolute atomic E-state index is 12.2. The van der Waals surface area contributed by atoms with Gasteiger partial charge in [-0.15, -0.1) is 11.3 Å². The van der Waals surface area contributed by atoms with Crippen molar-refractivity contribution < 1.29 is 28.5 Å². The van der Waals surface area contributed by atoms with Crippen LogP contribution in [0.4, 0.5) is 0 Å². The molecule has 0 atom stereocenters. The predicted molar refractivity (Wildman–Crippen MR) is 108 cm³/mol. The highest BCUT2D eigenvalue weighted by Crippen LogP contribution is 2.34. The van der Waals surface area contributed by atoms with E-state index in [4.69, 9.17) is 18.9 Å². The molecule has 152 valence electrons. The number of rotatable bonds is 10. The molecule has 1 aromatic carbocycles. The number of halogens is 1. The van der Waals surface area contributed by atoms with Crippen molar-refractivity contribution in [3.05, 3.63) is 38.3 Å². The van der Waals surface area contributed by atoms with E-state index >= 15 is 0 Å². The lowest BCUT2D eigenvalue weighted by Gasteiger charge is -2.14. The first-order chi connectivity index (χ1) is 13.5. The summed E-state index contributed by atoms with van der Waals surface area (Å²) in [7, 11) is 0. The number of carbonyl (C=O) groups is 2. The first-order valence-corrected chi connectivity index (χ1v) is 10.5. The van der Waals surface area contributed by atoms with Crippen LogP contribution in [0.2, 0.25) is 0 Å². The van der Waals surface area contributed by atoms with E-state index in [9.17, 15) is 9.59 Å². The van der Waals surface area contributed by atoms with Crippen molar-refractivity contribution in [2.75, 3.05) is 19.8 Å². The molecule has 2 rings (SSSR count). The van der Waals surface area contributed by atoms with Gasteiger partial charge in [0.15, 0.2) is 11.5 Å². The van der Waals surface area contributed by atoms with E-state index in [-0.39, 0.29) is 24.6 Å². The lowest BCUT2D eigenvalue weighted by Crippen LogP contribution is -2.10. The molecule has 1 heterocycles. The van der Waals surface area contributed by atoms with Gasteiger partial charge in [-0.2, -0.15) is 0 Å².